The Bertz CT molecular complexity index is 1140. The van der Waals surface area contributed by atoms with E-state index in [4.69, 9.17) is 12.2 Å². The van der Waals surface area contributed by atoms with E-state index in [1.807, 2.05) is 54.7 Å². The normalized spacial score (nSPS) is 16.4. The van der Waals surface area contributed by atoms with E-state index in [0.29, 0.717) is 22.2 Å². The van der Waals surface area contributed by atoms with E-state index >= 15 is 0 Å². The summed E-state index contributed by atoms with van der Waals surface area (Å²) in [5, 5.41) is 4.09. The smallest absolute Gasteiger partial charge is 0.266 e. The number of H-pyrrole nitrogens is 1. The van der Waals surface area contributed by atoms with Crippen LogP contribution in [0.5, 0.6) is 0 Å². The third-order valence-corrected chi connectivity index (χ3v) is 6.39. The Labute approximate surface area is 184 Å². The molecule has 0 spiro atoms. The number of aromatic amines is 1. The van der Waals surface area contributed by atoms with E-state index in [9.17, 15) is 9.59 Å². The van der Waals surface area contributed by atoms with Crippen LogP contribution in [-0.2, 0) is 16.0 Å². The topological polar surface area (TPSA) is 65.2 Å². The van der Waals surface area contributed by atoms with Crippen molar-refractivity contribution in [3.8, 4) is 0 Å². The van der Waals surface area contributed by atoms with Gasteiger partial charge in [-0.25, -0.2) is 0 Å². The average molecular weight is 436 g/mol. The molecule has 152 valence electrons. The van der Waals surface area contributed by atoms with Crippen LogP contribution in [0.3, 0.4) is 0 Å². The van der Waals surface area contributed by atoms with Gasteiger partial charge in [-0.3, -0.25) is 14.5 Å². The number of amides is 2. The molecule has 2 aromatic carbocycles. The number of nitrogens with one attached hydrogen (secondary N) is 2. The molecule has 2 heterocycles. The maximum absolute atomic E-state index is 12.8. The zero-order valence-corrected chi connectivity index (χ0v) is 18.1. The highest BCUT2D eigenvalue weighted by Crippen LogP contribution is 2.33. The second-order valence-corrected chi connectivity index (χ2v) is 8.71. The van der Waals surface area contributed by atoms with Crippen molar-refractivity contribution in [2.75, 3.05) is 6.54 Å². The Hall–Kier alpha value is -2.90. The number of benzene rings is 2. The minimum Gasteiger partial charge on any atom is -0.361 e. The molecule has 2 amide bonds. The average Bonchev–Trinajstić information content (AvgIpc) is 3.29. The van der Waals surface area contributed by atoms with Crippen molar-refractivity contribution in [2.24, 2.45) is 0 Å². The maximum atomic E-state index is 12.8. The van der Waals surface area contributed by atoms with Crippen LogP contribution in [0, 0.1) is 0 Å². The molecule has 1 aliphatic heterocycles. The number of nitrogens with zero attached hydrogens (tertiary/aromatic N) is 1. The Morgan fingerprint density at radius 2 is 1.93 bits per heavy atom. The molecule has 1 saturated heterocycles. The van der Waals surface area contributed by atoms with E-state index in [-0.39, 0.29) is 11.8 Å². The molecule has 1 aliphatic rings. The van der Waals surface area contributed by atoms with Gasteiger partial charge in [0.1, 0.15) is 10.4 Å². The summed E-state index contributed by atoms with van der Waals surface area (Å²) in [6.07, 6.45) is 4.48. The van der Waals surface area contributed by atoms with Gasteiger partial charge in [0, 0.05) is 23.6 Å². The van der Waals surface area contributed by atoms with Gasteiger partial charge in [0.15, 0.2) is 0 Å². The van der Waals surface area contributed by atoms with Gasteiger partial charge in [-0.2, -0.15) is 0 Å². The van der Waals surface area contributed by atoms with Crippen LogP contribution in [0.4, 0.5) is 0 Å². The number of carbonyl (C=O) groups is 2. The Kier molecular flexibility index (Phi) is 6.01. The van der Waals surface area contributed by atoms with E-state index in [1.54, 1.807) is 13.0 Å². The SMILES string of the molecule is CC(C(=O)NCCc1c[nH]c2ccccc12)N1C(=O)C(=Cc2ccccc2)SC1=S. The highest BCUT2D eigenvalue weighted by atomic mass is 32.2. The summed E-state index contributed by atoms with van der Waals surface area (Å²) >= 11 is 6.61. The van der Waals surface area contributed by atoms with Gasteiger partial charge < -0.3 is 10.3 Å². The lowest BCUT2D eigenvalue weighted by Crippen LogP contribution is -2.47. The zero-order chi connectivity index (χ0) is 21.1. The molecule has 30 heavy (non-hydrogen) atoms. The molecule has 5 nitrogen and oxygen atoms in total. The highest BCUT2D eigenvalue weighted by molar-refractivity contribution is 8.26. The van der Waals surface area contributed by atoms with Crippen LogP contribution in [0.15, 0.2) is 65.7 Å². The minimum absolute atomic E-state index is 0.216. The number of rotatable bonds is 6. The van der Waals surface area contributed by atoms with Gasteiger partial charge in [0.25, 0.3) is 5.91 Å². The first kappa shape index (κ1) is 20.4. The zero-order valence-electron chi connectivity index (χ0n) is 16.4. The molecule has 0 radical (unpaired) electrons. The molecular formula is C23H21N3O2S2. The molecule has 1 fully saturated rings. The molecule has 1 aromatic heterocycles. The number of thioether (sulfide) groups is 1. The van der Waals surface area contributed by atoms with E-state index < -0.39 is 6.04 Å². The van der Waals surface area contributed by atoms with Crippen molar-refractivity contribution < 1.29 is 9.59 Å². The predicted molar refractivity (Wildman–Crippen MR) is 126 cm³/mol. The van der Waals surface area contributed by atoms with Crippen LogP contribution < -0.4 is 5.32 Å². The lowest BCUT2D eigenvalue weighted by Gasteiger charge is -2.22. The van der Waals surface area contributed by atoms with Crippen molar-refractivity contribution in [3.63, 3.8) is 0 Å². The van der Waals surface area contributed by atoms with Crippen LogP contribution in [-0.4, -0.2) is 38.6 Å². The summed E-state index contributed by atoms with van der Waals surface area (Å²) in [4.78, 5) is 30.7. The van der Waals surface area contributed by atoms with Gasteiger partial charge in [-0.15, -0.1) is 0 Å². The Morgan fingerprint density at radius 3 is 2.73 bits per heavy atom. The van der Waals surface area contributed by atoms with Crippen molar-refractivity contribution in [1.29, 1.82) is 0 Å². The third-order valence-electron chi connectivity index (χ3n) is 5.06. The second kappa shape index (κ2) is 8.85. The van der Waals surface area contributed by atoms with E-state index in [1.165, 1.54) is 16.7 Å². The summed E-state index contributed by atoms with van der Waals surface area (Å²) in [6.45, 7) is 2.19. The minimum atomic E-state index is -0.665. The van der Waals surface area contributed by atoms with Gasteiger partial charge >= 0.3 is 0 Å². The van der Waals surface area contributed by atoms with Gasteiger partial charge in [-0.05, 0) is 36.6 Å². The van der Waals surface area contributed by atoms with Crippen LogP contribution in [0.2, 0.25) is 0 Å². The molecule has 0 aliphatic carbocycles. The number of aromatic nitrogens is 1. The largest absolute Gasteiger partial charge is 0.361 e. The standard InChI is InChI=1S/C23H21N3O2S2/c1-15(21(27)24-12-11-17-14-25-19-10-6-5-9-18(17)19)26-22(28)20(30-23(26)29)13-16-7-3-2-4-8-16/h2-10,13-15,25H,11-12H2,1H3,(H,24,27). The first-order valence-corrected chi connectivity index (χ1v) is 10.9. The van der Waals surface area contributed by atoms with E-state index in [2.05, 4.69) is 16.4 Å². The fourth-order valence-corrected chi connectivity index (χ4v) is 4.86. The number of thiocarbonyl (C=S) groups is 1. The van der Waals surface area contributed by atoms with Crippen molar-refractivity contribution in [2.45, 2.75) is 19.4 Å². The molecule has 0 bridgehead atoms. The summed E-state index contributed by atoms with van der Waals surface area (Å²) in [5.74, 6) is -0.444. The van der Waals surface area contributed by atoms with Crippen LogP contribution in [0.1, 0.15) is 18.1 Å². The lowest BCUT2D eigenvalue weighted by atomic mass is 10.1. The summed E-state index contributed by atoms with van der Waals surface area (Å²) < 4.78 is 0.404. The summed E-state index contributed by atoms with van der Waals surface area (Å²) in [7, 11) is 0. The summed E-state index contributed by atoms with van der Waals surface area (Å²) in [5.41, 5.74) is 3.15. The molecular weight excluding hydrogens is 414 g/mol. The molecule has 0 saturated carbocycles. The van der Waals surface area contributed by atoms with Gasteiger partial charge in [0.2, 0.25) is 5.91 Å². The van der Waals surface area contributed by atoms with Crippen LogP contribution >= 0.6 is 24.0 Å². The highest BCUT2D eigenvalue weighted by Gasteiger charge is 2.38. The first-order chi connectivity index (χ1) is 14.5. The molecule has 2 N–H and O–H groups in total. The lowest BCUT2D eigenvalue weighted by molar-refractivity contribution is -0.132. The van der Waals surface area contributed by atoms with E-state index in [0.717, 1.165) is 22.0 Å². The number of para-hydroxylation sites is 1. The fraction of sp³-hybridized carbons (Fsp3) is 0.174. The molecule has 4 rings (SSSR count). The molecule has 1 atom stereocenters. The predicted octanol–water partition coefficient (Wildman–Crippen LogP) is 4.12. The van der Waals surface area contributed by atoms with Crippen molar-refractivity contribution in [3.05, 3.63) is 76.8 Å². The van der Waals surface area contributed by atoms with Crippen LogP contribution in [0.25, 0.3) is 17.0 Å². The Morgan fingerprint density at radius 1 is 1.20 bits per heavy atom. The number of carbonyl (C=O) groups excluding carboxylic acids is 2. The number of hydrogen-bond donors (Lipinski definition) is 2. The van der Waals surface area contributed by atoms with Crippen molar-refractivity contribution in [1.82, 2.24) is 15.2 Å². The summed E-state index contributed by atoms with van der Waals surface area (Å²) in [6, 6.07) is 17.0. The monoisotopic (exact) mass is 435 g/mol. The van der Waals surface area contributed by atoms with Crippen molar-refractivity contribution >= 4 is 57.1 Å². The first-order valence-electron chi connectivity index (χ1n) is 9.69. The molecule has 1 unspecified atom stereocenters. The fourth-order valence-electron chi connectivity index (χ4n) is 3.44. The molecule has 7 heteroatoms. The molecule has 3 aromatic rings. The number of hydrogen-bond acceptors (Lipinski definition) is 4. The maximum Gasteiger partial charge on any atom is 0.266 e. The Balaban J connectivity index is 1.38. The second-order valence-electron chi connectivity index (χ2n) is 7.04. The van der Waals surface area contributed by atoms with Gasteiger partial charge in [0.05, 0.1) is 4.91 Å². The number of fused-ring (bicyclic) bond motifs is 1. The van der Waals surface area contributed by atoms with Gasteiger partial charge in [-0.1, -0.05) is 72.5 Å². The quantitative estimate of drug-likeness (QED) is 0.452. The third kappa shape index (κ3) is 4.17.